The monoisotopic (exact) mass is 296 g/mol. The van der Waals surface area contributed by atoms with Gasteiger partial charge in [-0.1, -0.05) is 11.6 Å². The largest absolute Gasteiger partial charge is 0.486 e. The van der Waals surface area contributed by atoms with Gasteiger partial charge in [0, 0.05) is 5.02 Å². The number of aromatic nitrogens is 4. The Morgan fingerprint density at radius 1 is 1.40 bits per heavy atom. The minimum atomic E-state index is -1.25. The third-order valence-electron chi connectivity index (χ3n) is 2.77. The molecule has 0 unspecified atom stereocenters. The Hall–Kier alpha value is -2.15. The molecule has 0 fully saturated rings. The highest BCUT2D eigenvalue weighted by molar-refractivity contribution is 6.30. The fourth-order valence-corrected chi connectivity index (χ4v) is 1.63. The summed E-state index contributed by atoms with van der Waals surface area (Å²) in [6, 6.07) is 6.81. The number of carboxylic acids is 1. The second-order valence-corrected chi connectivity index (χ2v) is 5.05. The Balaban J connectivity index is 2.13. The normalized spacial score (nSPS) is 11.3. The van der Waals surface area contributed by atoms with Crippen LogP contribution in [0.25, 0.3) is 0 Å². The molecular formula is C12H13ClN4O3. The molecule has 0 aliphatic rings. The molecule has 0 aliphatic heterocycles. The summed E-state index contributed by atoms with van der Waals surface area (Å²) >= 11 is 5.77. The zero-order chi connectivity index (χ0) is 14.8. The number of ether oxygens (including phenoxy) is 1. The highest BCUT2D eigenvalue weighted by Crippen LogP contribution is 2.18. The van der Waals surface area contributed by atoms with Crippen molar-refractivity contribution in [3.05, 3.63) is 35.1 Å². The van der Waals surface area contributed by atoms with E-state index in [1.165, 1.54) is 18.5 Å². The molecule has 106 valence electrons. The van der Waals surface area contributed by atoms with Crippen molar-refractivity contribution >= 4 is 17.6 Å². The number of aliphatic carboxylic acids is 1. The average molecular weight is 297 g/mol. The van der Waals surface area contributed by atoms with Crippen molar-refractivity contribution in [1.82, 2.24) is 20.2 Å². The van der Waals surface area contributed by atoms with Gasteiger partial charge in [-0.15, -0.1) is 5.10 Å². The van der Waals surface area contributed by atoms with Crippen molar-refractivity contribution in [1.29, 1.82) is 0 Å². The Morgan fingerprint density at radius 3 is 2.65 bits per heavy atom. The highest BCUT2D eigenvalue weighted by Gasteiger charge is 2.33. The van der Waals surface area contributed by atoms with Gasteiger partial charge in [-0.3, -0.25) is 0 Å². The number of tetrazole rings is 1. The van der Waals surface area contributed by atoms with Crippen LogP contribution in [0.4, 0.5) is 0 Å². The second-order valence-electron chi connectivity index (χ2n) is 4.61. The van der Waals surface area contributed by atoms with Crippen molar-refractivity contribution in [2.45, 2.75) is 26.0 Å². The summed E-state index contributed by atoms with van der Waals surface area (Å²) in [4.78, 5) is 11.2. The van der Waals surface area contributed by atoms with Gasteiger partial charge in [0.25, 0.3) is 0 Å². The molecule has 0 amide bonds. The summed E-state index contributed by atoms with van der Waals surface area (Å²) in [6.07, 6.45) is 0. The van der Waals surface area contributed by atoms with E-state index in [1.807, 2.05) is 0 Å². The van der Waals surface area contributed by atoms with Crippen LogP contribution >= 0.6 is 11.6 Å². The minimum absolute atomic E-state index is 0.0609. The number of rotatable bonds is 5. The van der Waals surface area contributed by atoms with Crippen molar-refractivity contribution in [3.63, 3.8) is 0 Å². The first kappa shape index (κ1) is 14.3. The van der Waals surface area contributed by atoms with Crippen LogP contribution in [-0.4, -0.2) is 31.3 Å². The van der Waals surface area contributed by atoms with Crippen LogP contribution in [0.15, 0.2) is 24.3 Å². The maximum absolute atomic E-state index is 11.2. The summed E-state index contributed by atoms with van der Waals surface area (Å²) in [5.74, 6) is -0.109. The lowest BCUT2D eigenvalue weighted by atomic mass is 10.1. The fraction of sp³-hybridized carbons (Fsp3) is 0.333. The van der Waals surface area contributed by atoms with Gasteiger partial charge in [-0.2, -0.15) is 0 Å². The van der Waals surface area contributed by atoms with Gasteiger partial charge in [0.15, 0.2) is 11.4 Å². The number of halogens is 1. The lowest BCUT2D eigenvalue weighted by Gasteiger charge is -2.20. The maximum Gasteiger partial charge on any atom is 0.331 e. The average Bonchev–Trinajstić information content (AvgIpc) is 2.87. The van der Waals surface area contributed by atoms with Gasteiger partial charge in [-0.05, 0) is 48.5 Å². The molecule has 0 aliphatic carbocycles. The summed E-state index contributed by atoms with van der Waals surface area (Å²) in [6.45, 7) is 3.08. The van der Waals surface area contributed by atoms with E-state index in [1.54, 1.807) is 24.3 Å². The summed E-state index contributed by atoms with van der Waals surface area (Å²) in [5, 5.41) is 20.8. The van der Waals surface area contributed by atoms with Crippen LogP contribution in [0.2, 0.25) is 5.02 Å². The van der Waals surface area contributed by atoms with E-state index in [9.17, 15) is 9.90 Å². The number of carboxylic acid groups (broad SMARTS) is 1. The molecule has 0 atom stereocenters. The van der Waals surface area contributed by atoms with E-state index in [0.717, 1.165) is 0 Å². The van der Waals surface area contributed by atoms with E-state index >= 15 is 0 Å². The first-order valence-corrected chi connectivity index (χ1v) is 6.18. The Labute approximate surface area is 120 Å². The van der Waals surface area contributed by atoms with E-state index in [4.69, 9.17) is 16.3 Å². The predicted octanol–water partition coefficient (Wildman–Crippen LogP) is 1.73. The van der Waals surface area contributed by atoms with E-state index in [2.05, 4.69) is 15.5 Å². The molecule has 8 heteroatoms. The molecule has 20 heavy (non-hydrogen) atoms. The lowest BCUT2D eigenvalue weighted by molar-refractivity contribution is -0.146. The predicted molar refractivity (Wildman–Crippen MR) is 70.6 cm³/mol. The zero-order valence-corrected chi connectivity index (χ0v) is 11.7. The summed E-state index contributed by atoms with van der Waals surface area (Å²) in [7, 11) is 0. The van der Waals surface area contributed by atoms with E-state index in [-0.39, 0.29) is 6.61 Å². The molecule has 2 rings (SSSR count). The molecular weight excluding hydrogens is 284 g/mol. The topological polar surface area (TPSA) is 90.1 Å². The van der Waals surface area contributed by atoms with Crippen molar-refractivity contribution < 1.29 is 14.6 Å². The molecule has 0 spiro atoms. The smallest absolute Gasteiger partial charge is 0.331 e. The van der Waals surface area contributed by atoms with Gasteiger partial charge in [0.1, 0.15) is 12.4 Å². The highest BCUT2D eigenvalue weighted by atomic mass is 35.5. The molecule has 0 saturated carbocycles. The lowest BCUT2D eigenvalue weighted by Crippen LogP contribution is -2.38. The molecule has 0 radical (unpaired) electrons. The Kier molecular flexibility index (Phi) is 3.89. The van der Waals surface area contributed by atoms with Gasteiger partial charge >= 0.3 is 5.97 Å². The van der Waals surface area contributed by atoms with Crippen LogP contribution in [0, 0.1) is 0 Å². The van der Waals surface area contributed by atoms with Crippen LogP contribution in [-0.2, 0) is 16.9 Å². The molecule has 7 nitrogen and oxygen atoms in total. The standard InChI is InChI=1S/C12H13ClN4O3/c1-12(2,11(18)19)17-10(14-15-16-17)7-20-9-5-3-8(13)4-6-9/h3-6H,7H2,1-2H3,(H,18,19). The Bertz CT molecular complexity index is 609. The Morgan fingerprint density at radius 2 is 2.05 bits per heavy atom. The first-order chi connectivity index (χ1) is 9.41. The third-order valence-corrected chi connectivity index (χ3v) is 3.02. The zero-order valence-electron chi connectivity index (χ0n) is 10.9. The maximum atomic E-state index is 11.2. The second kappa shape index (κ2) is 5.46. The molecule has 1 aromatic carbocycles. The van der Waals surface area contributed by atoms with Crippen molar-refractivity contribution in [3.8, 4) is 5.75 Å². The van der Waals surface area contributed by atoms with Gasteiger partial charge < -0.3 is 9.84 Å². The SMILES string of the molecule is CC(C)(C(=O)O)n1nnnc1COc1ccc(Cl)cc1. The van der Waals surface area contributed by atoms with Gasteiger partial charge in [0.2, 0.25) is 0 Å². The minimum Gasteiger partial charge on any atom is -0.486 e. The number of hydrogen-bond donors (Lipinski definition) is 1. The number of benzene rings is 1. The summed E-state index contributed by atoms with van der Waals surface area (Å²) in [5.41, 5.74) is -1.25. The molecule has 1 aromatic heterocycles. The van der Waals surface area contributed by atoms with Crippen molar-refractivity contribution in [2.75, 3.05) is 0 Å². The number of hydrogen-bond acceptors (Lipinski definition) is 5. The molecule has 1 N–H and O–H groups in total. The van der Waals surface area contributed by atoms with Crippen LogP contribution in [0.1, 0.15) is 19.7 Å². The van der Waals surface area contributed by atoms with E-state index in [0.29, 0.717) is 16.6 Å². The van der Waals surface area contributed by atoms with Gasteiger partial charge in [-0.25, -0.2) is 9.48 Å². The van der Waals surface area contributed by atoms with Crippen molar-refractivity contribution in [2.24, 2.45) is 0 Å². The van der Waals surface area contributed by atoms with Crippen LogP contribution < -0.4 is 4.74 Å². The molecule has 0 bridgehead atoms. The number of nitrogens with zero attached hydrogens (tertiary/aromatic N) is 4. The quantitative estimate of drug-likeness (QED) is 0.903. The molecule has 1 heterocycles. The summed E-state index contributed by atoms with van der Waals surface area (Å²) < 4.78 is 6.73. The number of carbonyl (C=O) groups is 1. The molecule has 2 aromatic rings. The fourth-order valence-electron chi connectivity index (χ4n) is 1.50. The van der Waals surface area contributed by atoms with Gasteiger partial charge in [0.05, 0.1) is 0 Å². The first-order valence-electron chi connectivity index (χ1n) is 5.81. The molecule has 0 saturated heterocycles. The van der Waals surface area contributed by atoms with Crippen LogP contribution in [0.5, 0.6) is 5.75 Å². The third kappa shape index (κ3) is 2.88. The van der Waals surface area contributed by atoms with E-state index < -0.39 is 11.5 Å². The van der Waals surface area contributed by atoms with Crippen LogP contribution in [0.3, 0.4) is 0 Å².